The van der Waals surface area contributed by atoms with Crippen molar-refractivity contribution in [3.8, 4) is 0 Å². The fourth-order valence-corrected chi connectivity index (χ4v) is 4.25. The monoisotopic (exact) mass is 391 g/mol. The van der Waals surface area contributed by atoms with E-state index in [0.29, 0.717) is 22.1 Å². The number of carboxylic acid groups (broad SMARTS) is 1. The summed E-state index contributed by atoms with van der Waals surface area (Å²) in [6, 6.07) is 9.23. The Morgan fingerprint density at radius 3 is 2.77 bits per heavy atom. The van der Waals surface area contributed by atoms with E-state index in [2.05, 4.69) is 21.9 Å². The molecule has 2 aromatic rings. The molecule has 1 aromatic heterocycles. The van der Waals surface area contributed by atoms with Crippen LogP contribution in [0.15, 0.2) is 35.5 Å². The van der Waals surface area contributed by atoms with E-state index in [-0.39, 0.29) is 5.56 Å². The van der Waals surface area contributed by atoms with Gasteiger partial charge in [-0.05, 0) is 30.5 Å². The van der Waals surface area contributed by atoms with Crippen LogP contribution >= 0.6 is 23.4 Å². The third kappa shape index (κ3) is 4.89. The molecular formula is C19H22ClN3O2S. The van der Waals surface area contributed by atoms with E-state index in [1.165, 1.54) is 43.9 Å². The van der Waals surface area contributed by atoms with Crippen LogP contribution in [0, 0.1) is 0 Å². The van der Waals surface area contributed by atoms with Crippen molar-refractivity contribution >= 4 is 35.1 Å². The maximum Gasteiger partial charge on any atom is 0.335 e. The van der Waals surface area contributed by atoms with E-state index < -0.39 is 5.97 Å². The molecule has 26 heavy (non-hydrogen) atoms. The van der Waals surface area contributed by atoms with Crippen LogP contribution in [0.2, 0.25) is 5.15 Å². The molecule has 0 unspecified atom stereocenters. The van der Waals surface area contributed by atoms with Gasteiger partial charge in [0.2, 0.25) is 0 Å². The molecule has 1 saturated carbocycles. The summed E-state index contributed by atoms with van der Waals surface area (Å²) in [4.78, 5) is 22.3. The van der Waals surface area contributed by atoms with Crippen LogP contribution in [0.4, 0.5) is 5.82 Å². The molecule has 1 aliphatic rings. The predicted molar refractivity (Wildman–Crippen MR) is 105 cm³/mol. The van der Waals surface area contributed by atoms with Gasteiger partial charge < -0.3 is 10.0 Å². The normalized spacial score (nSPS) is 15.0. The van der Waals surface area contributed by atoms with Crippen molar-refractivity contribution in [2.45, 2.75) is 49.1 Å². The summed E-state index contributed by atoms with van der Waals surface area (Å²) in [6.07, 6.45) is 6.20. The number of rotatable bonds is 6. The van der Waals surface area contributed by atoms with E-state index in [1.54, 1.807) is 18.2 Å². The minimum absolute atomic E-state index is 0.285. The molecule has 1 aromatic carbocycles. The number of anilines is 1. The molecule has 5 nitrogen and oxygen atoms in total. The van der Waals surface area contributed by atoms with Gasteiger partial charge in [0.05, 0.1) is 5.56 Å². The highest BCUT2D eigenvalue weighted by Gasteiger charge is 2.20. The predicted octanol–water partition coefficient (Wildman–Crippen LogP) is 4.89. The molecule has 1 heterocycles. The van der Waals surface area contributed by atoms with Crippen molar-refractivity contribution in [1.82, 2.24) is 9.97 Å². The summed E-state index contributed by atoms with van der Waals surface area (Å²) < 4.78 is 0. The second-order valence-electron chi connectivity index (χ2n) is 6.53. The largest absolute Gasteiger partial charge is 0.478 e. The lowest BCUT2D eigenvalue weighted by Crippen LogP contribution is -2.34. The lowest BCUT2D eigenvalue weighted by Gasteiger charge is -2.32. The van der Waals surface area contributed by atoms with Gasteiger partial charge in [0.1, 0.15) is 11.0 Å². The Labute approximate surface area is 162 Å². The molecule has 0 spiro atoms. The second-order valence-corrected chi connectivity index (χ2v) is 7.86. The summed E-state index contributed by atoms with van der Waals surface area (Å²) in [6.45, 7) is 0. The van der Waals surface area contributed by atoms with Crippen molar-refractivity contribution in [3.63, 3.8) is 0 Å². The molecule has 1 N–H and O–H groups in total. The summed E-state index contributed by atoms with van der Waals surface area (Å²) in [5.41, 5.74) is 1.20. The highest BCUT2D eigenvalue weighted by atomic mass is 35.5. The summed E-state index contributed by atoms with van der Waals surface area (Å²) >= 11 is 7.67. The van der Waals surface area contributed by atoms with Crippen LogP contribution in [0.25, 0.3) is 0 Å². The van der Waals surface area contributed by atoms with Gasteiger partial charge in [0.15, 0.2) is 5.16 Å². The van der Waals surface area contributed by atoms with Crippen LogP contribution in [0.5, 0.6) is 0 Å². The van der Waals surface area contributed by atoms with Crippen LogP contribution in [-0.2, 0) is 5.75 Å². The molecular weight excluding hydrogens is 370 g/mol. The first-order chi connectivity index (χ1) is 12.5. The van der Waals surface area contributed by atoms with Crippen LogP contribution in [-0.4, -0.2) is 34.1 Å². The quantitative estimate of drug-likeness (QED) is 0.429. The lowest BCUT2D eigenvalue weighted by molar-refractivity contribution is 0.0697. The van der Waals surface area contributed by atoms with Crippen molar-refractivity contribution in [1.29, 1.82) is 0 Å². The highest BCUT2D eigenvalue weighted by Crippen LogP contribution is 2.28. The standard InChI is InChI=1S/C19H22ClN3O2S/c1-23(15-8-3-2-4-9-15)17-11-16(20)21-19(22-17)26-12-13-6-5-7-14(10-13)18(24)25/h5-7,10-11,15H,2-4,8-9,12H2,1H3,(H,24,25). The Kier molecular flexibility index (Phi) is 6.38. The third-order valence-corrected chi connectivity index (χ3v) is 5.80. The zero-order valence-electron chi connectivity index (χ0n) is 14.7. The molecule has 0 bridgehead atoms. The van der Waals surface area contributed by atoms with Gasteiger partial charge in [0, 0.05) is 24.9 Å². The molecule has 0 atom stereocenters. The third-order valence-electron chi connectivity index (χ3n) is 4.69. The molecule has 1 fully saturated rings. The number of aromatic carboxylic acids is 1. The van der Waals surface area contributed by atoms with Gasteiger partial charge in [-0.3, -0.25) is 0 Å². The summed E-state index contributed by atoms with van der Waals surface area (Å²) in [7, 11) is 2.07. The SMILES string of the molecule is CN(c1cc(Cl)nc(SCc2cccc(C(=O)O)c2)n1)C1CCCCC1. The van der Waals surface area contributed by atoms with Crippen molar-refractivity contribution in [2.24, 2.45) is 0 Å². The molecule has 0 saturated heterocycles. The fraction of sp³-hybridized carbons (Fsp3) is 0.421. The zero-order chi connectivity index (χ0) is 18.5. The average molecular weight is 392 g/mol. The molecule has 3 rings (SSSR count). The first kappa shape index (κ1) is 19.0. The topological polar surface area (TPSA) is 66.3 Å². The average Bonchev–Trinajstić information content (AvgIpc) is 2.66. The second kappa shape index (κ2) is 8.73. The highest BCUT2D eigenvalue weighted by molar-refractivity contribution is 7.98. The lowest BCUT2D eigenvalue weighted by atomic mass is 9.94. The Hall–Kier alpha value is -1.79. The van der Waals surface area contributed by atoms with Crippen molar-refractivity contribution in [2.75, 3.05) is 11.9 Å². The van der Waals surface area contributed by atoms with E-state index >= 15 is 0 Å². The van der Waals surface area contributed by atoms with E-state index in [9.17, 15) is 4.79 Å². The minimum Gasteiger partial charge on any atom is -0.478 e. The number of nitrogens with zero attached hydrogens (tertiary/aromatic N) is 3. The van der Waals surface area contributed by atoms with Crippen molar-refractivity contribution < 1.29 is 9.90 Å². The van der Waals surface area contributed by atoms with Gasteiger partial charge in [-0.2, -0.15) is 0 Å². The van der Waals surface area contributed by atoms with Crippen LogP contribution in [0.3, 0.4) is 0 Å². The molecule has 1 aliphatic carbocycles. The van der Waals surface area contributed by atoms with Crippen molar-refractivity contribution in [3.05, 3.63) is 46.6 Å². The van der Waals surface area contributed by atoms with Gasteiger partial charge in [-0.15, -0.1) is 0 Å². The first-order valence-electron chi connectivity index (χ1n) is 8.75. The number of hydrogen-bond acceptors (Lipinski definition) is 5. The summed E-state index contributed by atoms with van der Waals surface area (Å²) in [5, 5.41) is 10.1. The van der Waals surface area contributed by atoms with E-state index in [0.717, 1.165) is 11.4 Å². The van der Waals surface area contributed by atoms with Gasteiger partial charge in [-0.25, -0.2) is 14.8 Å². The Morgan fingerprint density at radius 1 is 1.27 bits per heavy atom. The molecule has 0 aliphatic heterocycles. The minimum atomic E-state index is -0.924. The Balaban J connectivity index is 1.71. The van der Waals surface area contributed by atoms with Gasteiger partial charge >= 0.3 is 5.97 Å². The van der Waals surface area contributed by atoms with E-state index in [4.69, 9.17) is 16.7 Å². The number of carbonyl (C=O) groups is 1. The molecule has 7 heteroatoms. The maximum atomic E-state index is 11.1. The maximum absolute atomic E-state index is 11.1. The van der Waals surface area contributed by atoms with Gasteiger partial charge in [-0.1, -0.05) is 54.8 Å². The number of halogens is 1. The Bertz CT molecular complexity index is 781. The first-order valence-corrected chi connectivity index (χ1v) is 10.1. The van der Waals surface area contributed by atoms with Crippen LogP contribution in [0.1, 0.15) is 48.0 Å². The number of benzene rings is 1. The molecule has 0 radical (unpaired) electrons. The summed E-state index contributed by atoms with van der Waals surface area (Å²) in [5.74, 6) is 0.513. The number of aromatic nitrogens is 2. The smallest absolute Gasteiger partial charge is 0.335 e. The van der Waals surface area contributed by atoms with Gasteiger partial charge in [0.25, 0.3) is 0 Å². The number of thioether (sulfide) groups is 1. The van der Waals surface area contributed by atoms with Crippen LogP contribution < -0.4 is 4.90 Å². The Morgan fingerprint density at radius 2 is 2.04 bits per heavy atom. The number of hydrogen-bond donors (Lipinski definition) is 1. The number of carboxylic acids is 1. The molecule has 0 amide bonds. The molecule has 138 valence electrons. The van der Waals surface area contributed by atoms with E-state index in [1.807, 2.05) is 12.1 Å². The zero-order valence-corrected chi connectivity index (χ0v) is 16.3. The fourth-order valence-electron chi connectivity index (χ4n) is 3.23.